The molecule has 2 aromatic rings. The van der Waals surface area contributed by atoms with Gasteiger partial charge in [0.2, 0.25) is 0 Å². The van der Waals surface area contributed by atoms with Crippen LogP contribution in [-0.2, 0) is 6.42 Å². The third kappa shape index (κ3) is 1.94. The van der Waals surface area contributed by atoms with E-state index in [9.17, 15) is 5.11 Å². The summed E-state index contributed by atoms with van der Waals surface area (Å²) >= 11 is 0. The van der Waals surface area contributed by atoms with E-state index < -0.39 is 0 Å². The van der Waals surface area contributed by atoms with Gasteiger partial charge in [-0.1, -0.05) is 31.2 Å². The number of benzene rings is 2. The number of aromatic hydroxyl groups is 1. The minimum absolute atomic E-state index is 0.299. The van der Waals surface area contributed by atoms with E-state index >= 15 is 0 Å². The lowest BCUT2D eigenvalue weighted by Gasteiger charge is -2.24. The highest BCUT2D eigenvalue weighted by Crippen LogP contribution is 2.35. The highest BCUT2D eigenvalue weighted by molar-refractivity contribution is 5.71. The largest absolute Gasteiger partial charge is 0.508 e. The molecule has 0 radical (unpaired) electrons. The number of hydrogen-bond acceptors (Lipinski definition) is 2. The molecule has 0 bridgehead atoms. The molecule has 3 rings (SSSR count). The Kier molecular flexibility index (Phi) is 2.71. The van der Waals surface area contributed by atoms with Gasteiger partial charge in [-0.3, -0.25) is 0 Å². The van der Waals surface area contributed by atoms with Gasteiger partial charge in [-0.05, 0) is 41.7 Å². The average Bonchev–Trinajstić information content (AvgIpc) is 2.39. The van der Waals surface area contributed by atoms with E-state index in [4.69, 9.17) is 4.74 Å². The topological polar surface area (TPSA) is 29.5 Å². The van der Waals surface area contributed by atoms with Crippen molar-refractivity contribution in [3.63, 3.8) is 0 Å². The fourth-order valence-electron chi connectivity index (χ4n) is 2.46. The van der Waals surface area contributed by atoms with E-state index in [-0.39, 0.29) is 0 Å². The van der Waals surface area contributed by atoms with Crippen molar-refractivity contribution < 1.29 is 9.84 Å². The molecule has 0 fully saturated rings. The van der Waals surface area contributed by atoms with Crippen LogP contribution in [-0.4, -0.2) is 11.7 Å². The first-order valence-corrected chi connectivity index (χ1v) is 6.28. The second-order valence-electron chi connectivity index (χ2n) is 4.95. The summed E-state index contributed by atoms with van der Waals surface area (Å²) in [6.07, 6.45) is 1.05. The van der Waals surface area contributed by atoms with E-state index in [1.807, 2.05) is 24.3 Å². The van der Waals surface area contributed by atoms with Gasteiger partial charge in [0.1, 0.15) is 11.5 Å². The molecule has 0 aliphatic carbocycles. The minimum Gasteiger partial charge on any atom is -0.508 e. The van der Waals surface area contributed by atoms with Crippen molar-refractivity contribution >= 4 is 0 Å². The van der Waals surface area contributed by atoms with Gasteiger partial charge in [0.15, 0.2) is 0 Å². The number of phenolic OH excluding ortho intramolecular Hbond substituents is 1. The predicted molar refractivity (Wildman–Crippen MR) is 71.9 cm³/mol. The molecule has 0 saturated heterocycles. The smallest absolute Gasteiger partial charge is 0.123 e. The van der Waals surface area contributed by atoms with E-state index in [2.05, 4.69) is 13.0 Å². The van der Waals surface area contributed by atoms with Crippen molar-refractivity contribution in [2.75, 3.05) is 6.61 Å². The first-order chi connectivity index (χ1) is 8.74. The van der Waals surface area contributed by atoms with Gasteiger partial charge < -0.3 is 9.84 Å². The van der Waals surface area contributed by atoms with E-state index in [0.29, 0.717) is 11.7 Å². The van der Waals surface area contributed by atoms with Crippen LogP contribution in [0.4, 0.5) is 0 Å². The molecule has 0 amide bonds. The molecule has 1 aliphatic rings. The fraction of sp³-hybridized carbons (Fsp3) is 0.250. The molecule has 2 aromatic carbocycles. The van der Waals surface area contributed by atoms with Crippen molar-refractivity contribution in [1.82, 2.24) is 0 Å². The quantitative estimate of drug-likeness (QED) is 0.824. The molecular formula is C16H16O2. The molecule has 1 atom stereocenters. The molecule has 0 spiro atoms. The third-order valence-electron chi connectivity index (χ3n) is 3.39. The summed E-state index contributed by atoms with van der Waals surface area (Å²) in [6, 6.07) is 13.5. The standard InChI is InChI=1S/C16H16O2/c1-11-9-15-14(3-2-4-16(15)18-10-11)12-5-7-13(17)8-6-12/h2-8,11,17H,9-10H2,1H3. The Hall–Kier alpha value is -1.96. The summed E-state index contributed by atoms with van der Waals surface area (Å²) in [5.74, 6) is 1.85. The third-order valence-corrected chi connectivity index (χ3v) is 3.39. The predicted octanol–water partition coefficient (Wildman–Crippen LogP) is 3.63. The lowest BCUT2D eigenvalue weighted by molar-refractivity contribution is 0.234. The molecule has 92 valence electrons. The maximum atomic E-state index is 9.36. The molecule has 2 nitrogen and oxygen atoms in total. The van der Waals surface area contributed by atoms with Gasteiger partial charge in [-0.2, -0.15) is 0 Å². The molecule has 1 unspecified atom stereocenters. The van der Waals surface area contributed by atoms with Crippen LogP contribution in [0.2, 0.25) is 0 Å². The lowest BCUT2D eigenvalue weighted by atomic mass is 9.91. The van der Waals surface area contributed by atoms with Gasteiger partial charge in [0.25, 0.3) is 0 Å². The monoisotopic (exact) mass is 240 g/mol. The van der Waals surface area contributed by atoms with Gasteiger partial charge in [0.05, 0.1) is 6.61 Å². The van der Waals surface area contributed by atoms with Crippen molar-refractivity contribution in [1.29, 1.82) is 0 Å². The van der Waals surface area contributed by atoms with Gasteiger partial charge in [-0.25, -0.2) is 0 Å². The van der Waals surface area contributed by atoms with Crippen LogP contribution < -0.4 is 4.74 Å². The maximum Gasteiger partial charge on any atom is 0.123 e. The molecule has 1 N–H and O–H groups in total. The summed E-state index contributed by atoms with van der Waals surface area (Å²) in [7, 11) is 0. The van der Waals surface area contributed by atoms with Crippen LogP contribution in [0.3, 0.4) is 0 Å². The van der Waals surface area contributed by atoms with Gasteiger partial charge in [-0.15, -0.1) is 0 Å². The van der Waals surface area contributed by atoms with Crippen LogP contribution in [0.15, 0.2) is 42.5 Å². The second kappa shape index (κ2) is 4.37. The Labute approximate surface area is 107 Å². The Balaban J connectivity index is 2.09. The molecular weight excluding hydrogens is 224 g/mol. The first kappa shape index (κ1) is 11.1. The molecule has 18 heavy (non-hydrogen) atoms. The summed E-state index contributed by atoms with van der Waals surface area (Å²) in [4.78, 5) is 0. The molecule has 1 aliphatic heterocycles. The normalized spacial score (nSPS) is 17.9. The summed E-state index contributed by atoms with van der Waals surface area (Å²) in [6.45, 7) is 3.00. The Morgan fingerprint density at radius 1 is 1.11 bits per heavy atom. The Bertz CT molecular complexity index is 558. The van der Waals surface area contributed by atoms with Crippen LogP contribution in [0, 0.1) is 5.92 Å². The van der Waals surface area contributed by atoms with Crippen molar-refractivity contribution in [3.8, 4) is 22.6 Å². The minimum atomic E-state index is 0.299. The van der Waals surface area contributed by atoms with Gasteiger partial charge in [0, 0.05) is 5.56 Å². The highest BCUT2D eigenvalue weighted by atomic mass is 16.5. The van der Waals surface area contributed by atoms with E-state index in [1.54, 1.807) is 12.1 Å². The second-order valence-corrected chi connectivity index (χ2v) is 4.95. The SMILES string of the molecule is CC1COc2cccc(-c3ccc(O)cc3)c2C1. The zero-order chi connectivity index (χ0) is 12.5. The number of hydrogen-bond donors (Lipinski definition) is 1. The summed E-state index contributed by atoms with van der Waals surface area (Å²) in [5.41, 5.74) is 3.61. The summed E-state index contributed by atoms with van der Waals surface area (Å²) in [5, 5.41) is 9.36. The van der Waals surface area contributed by atoms with Crippen LogP contribution in [0.25, 0.3) is 11.1 Å². The van der Waals surface area contributed by atoms with E-state index in [0.717, 1.165) is 24.3 Å². The average molecular weight is 240 g/mol. The number of fused-ring (bicyclic) bond motifs is 1. The zero-order valence-corrected chi connectivity index (χ0v) is 10.4. The number of phenols is 1. The van der Waals surface area contributed by atoms with Crippen LogP contribution in [0.5, 0.6) is 11.5 Å². The zero-order valence-electron chi connectivity index (χ0n) is 10.4. The number of rotatable bonds is 1. The summed E-state index contributed by atoms with van der Waals surface area (Å²) < 4.78 is 5.77. The Morgan fingerprint density at radius 3 is 2.67 bits per heavy atom. The highest BCUT2D eigenvalue weighted by Gasteiger charge is 2.19. The van der Waals surface area contributed by atoms with Crippen molar-refractivity contribution in [2.45, 2.75) is 13.3 Å². The molecule has 1 heterocycles. The maximum absolute atomic E-state index is 9.36. The Morgan fingerprint density at radius 2 is 1.89 bits per heavy atom. The fourth-order valence-corrected chi connectivity index (χ4v) is 2.46. The molecule has 0 saturated carbocycles. The molecule has 2 heteroatoms. The lowest BCUT2D eigenvalue weighted by Crippen LogP contribution is -2.18. The molecule has 0 aromatic heterocycles. The van der Waals surface area contributed by atoms with Gasteiger partial charge >= 0.3 is 0 Å². The first-order valence-electron chi connectivity index (χ1n) is 6.28. The van der Waals surface area contributed by atoms with Crippen LogP contribution in [0.1, 0.15) is 12.5 Å². The van der Waals surface area contributed by atoms with Crippen molar-refractivity contribution in [3.05, 3.63) is 48.0 Å². The van der Waals surface area contributed by atoms with Crippen LogP contribution >= 0.6 is 0 Å². The van der Waals surface area contributed by atoms with Crippen molar-refractivity contribution in [2.24, 2.45) is 5.92 Å². The number of ether oxygens (including phenoxy) is 1. The van der Waals surface area contributed by atoms with E-state index in [1.165, 1.54) is 11.1 Å².